The van der Waals surface area contributed by atoms with Gasteiger partial charge in [-0.2, -0.15) is 0 Å². The smallest absolute Gasteiger partial charge is 0.336 e. The number of carbonyl (C=O) groups excluding carboxylic acids is 1. The van der Waals surface area contributed by atoms with Crippen LogP contribution in [0.15, 0.2) is 51.8 Å². The van der Waals surface area contributed by atoms with Crippen molar-refractivity contribution in [1.29, 1.82) is 0 Å². The van der Waals surface area contributed by atoms with Gasteiger partial charge in [-0.1, -0.05) is 17.7 Å². The van der Waals surface area contributed by atoms with Gasteiger partial charge in [-0.3, -0.25) is 9.78 Å². The first-order valence-corrected chi connectivity index (χ1v) is 8.40. The van der Waals surface area contributed by atoms with Crippen molar-refractivity contribution in [2.45, 2.75) is 26.5 Å². The standard InChI is InChI=1S/C19H17ClN2O4/c1-11-7-18(23)26-16-9-17(15(20)8-14(11)16)25-12(2)19(24)22-10-13-5-3-4-6-21-13/h3-9,12H,10H2,1-2H3,(H,22,24). The molecule has 6 nitrogen and oxygen atoms in total. The van der Waals surface area contributed by atoms with E-state index in [1.165, 1.54) is 12.1 Å². The second kappa shape index (κ2) is 7.58. The van der Waals surface area contributed by atoms with Gasteiger partial charge in [-0.05, 0) is 37.6 Å². The van der Waals surface area contributed by atoms with Gasteiger partial charge in [0.15, 0.2) is 6.10 Å². The highest BCUT2D eigenvalue weighted by molar-refractivity contribution is 6.32. The van der Waals surface area contributed by atoms with E-state index in [-0.39, 0.29) is 11.7 Å². The van der Waals surface area contributed by atoms with Crippen molar-refractivity contribution in [3.63, 3.8) is 0 Å². The Balaban J connectivity index is 1.74. The van der Waals surface area contributed by atoms with Gasteiger partial charge in [0, 0.05) is 23.7 Å². The van der Waals surface area contributed by atoms with Gasteiger partial charge in [0.1, 0.15) is 11.3 Å². The minimum atomic E-state index is -0.787. The van der Waals surface area contributed by atoms with Crippen LogP contribution in [0.5, 0.6) is 5.75 Å². The van der Waals surface area contributed by atoms with E-state index in [1.807, 2.05) is 12.1 Å². The first-order chi connectivity index (χ1) is 12.4. The van der Waals surface area contributed by atoms with Gasteiger partial charge in [0.2, 0.25) is 0 Å². The third-order valence-corrected chi connectivity index (χ3v) is 4.14. The van der Waals surface area contributed by atoms with Gasteiger partial charge in [-0.25, -0.2) is 4.79 Å². The second-order valence-corrected chi connectivity index (χ2v) is 6.23. The molecular weight excluding hydrogens is 356 g/mol. The molecule has 134 valence electrons. The van der Waals surface area contributed by atoms with E-state index >= 15 is 0 Å². The monoisotopic (exact) mass is 372 g/mol. The average Bonchev–Trinajstić information content (AvgIpc) is 2.62. The summed E-state index contributed by atoms with van der Waals surface area (Å²) in [6, 6.07) is 10.0. The zero-order chi connectivity index (χ0) is 18.7. The van der Waals surface area contributed by atoms with Crippen molar-refractivity contribution in [2.24, 2.45) is 0 Å². The Morgan fingerprint density at radius 2 is 2.15 bits per heavy atom. The van der Waals surface area contributed by atoms with Crippen LogP contribution in [0.4, 0.5) is 0 Å². The third-order valence-electron chi connectivity index (χ3n) is 3.85. The molecule has 0 aliphatic rings. The Hall–Kier alpha value is -2.86. The summed E-state index contributed by atoms with van der Waals surface area (Å²) in [7, 11) is 0. The number of aromatic nitrogens is 1. The van der Waals surface area contributed by atoms with Crippen LogP contribution < -0.4 is 15.7 Å². The minimum absolute atomic E-state index is 0.272. The molecule has 3 rings (SSSR count). The van der Waals surface area contributed by atoms with Crippen LogP contribution in [0.2, 0.25) is 5.02 Å². The number of hydrogen-bond acceptors (Lipinski definition) is 5. The van der Waals surface area contributed by atoms with Crippen LogP contribution >= 0.6 is 11.6 Å². The van der Waals surface area contributed by atoms with E-state index in [2.05, 4.69) is 10.3 Å². The van der Waals surface area contributed by atoms with E-state index in [4.69, 9.17) is 20.8 Å². The summed E-state index contributed by atoms with van der Waals surface area (Å²) in [5.74, 6) is -0.0362. The average molecular weight is 373 g/mol. The lowest BCUT2D eigenvalue weighted by atomic mass is 10.1. The van der Waals surface area contributed by atoms with E-state index in [0.717, 1.165) is 11.3 Å². The van der Waals surface area contributed by atoms with Crippen LogP contribution in [0, 0.1) is 6.92 Å². The van der Waals surface area contributed by atoms with Gasteiger partial charge in [0.25, 0.3) is 5.91 Å². The number of hydrogen-bond donors (Lipinski definition) is 1. The molecule has 0 spiro atoms. The molecule has 26 heavy (non-hydrogen) atoms. The number of aryl methyl sites for hydroxylation is 1. The number of carbonyl (C=O) groups is 1. The highest BCUT2D eigenvalue weighted by atomic mass is 35.5. The summed E-state index contributed by atoms with van der Waals surface area (Å²) in [5, 5.41) is 3.80. The first kappa shape index (κ1) is 17.9. The molecule has 0 saturated heterocycles. The van der Waals surface area contributed by atoms with Gasteiger partial charge >= 0.3 is 5.63 Å². The van der Waals surface area contributed by atoms with Gasteiger partial charge in [-0.15, -0.1) is 0 Å². The molecular formula is C19H17ClN2O4. The fourth-order valence-corrected chi connectivity index (χ4v) is 2.69. The predicted molar refractivity (Wildman–Crippen MR) is 98.4 cm³/mol. The molecule has 0 bridgehead atoms. The molecule has 7 heteroatoms. The lowest BCUT2D eigenvalue weighted by Crippen LogP contribution is -2.36. The largest absolute Gasteiger partial charge is 0.479 e. The van der Waals surface area contributed by atoms with Crippen LogP contribution in [-0.2, 0) is 11.3 Å². The lowest BCUT2D eigenvalue weighted by Gasteiger charge is -2.16. The van der Waals surface area contributed by atoms with E-state index in [0.29, 0.717) is 22.5 Å². The summed E-state index contributed by atoms with van der Waals surface area (Å²) in [6.07, 6.45) is 0.872. The molecule has 1 unspecified atom stereocenters. The molecule has 0 saturated carbocycles. The molecule has 2 heterocycles. The molecule has 1 N–H and O–H groups in total. The zero-order valence-electron chi connectivity index (χ0n) is 14.3. The van der Waals surface area contributed by atoms with Gasteiger partial charge < -0.3 is 14.5 Å². The fraction of sp³-hybridized carbons (Fsp3) is 0.211. The van der Waals surface area contributed by atoms with E-state index in [1.54, 1.807) is 32.2 Å². The Kier molecular flexibility index (Phi) is 5.23. The number of pyridine rings is 1. The van der Waals surface area contributed by atoms with Crippen molar-refractivity contribution < 1.29 is 13.9 Å². The van der Waals surface area contributed by atoms with Crippen LogP contribution in [0.1, 0.15) is 18.2 Å². The number of halogens is 1. The quantitative estimate of drug-likeness (QED) is 0.695. The molecule has 0 fully saturated rings. The molecule has 0 aliphatic heterocycles. The normalized spacial score (nSPS) is 12.0. The summed E-state index contributed by atoms with van der Waals surface area (Å²) in [6.45, 7) is 3.71. The number of benzene rings is 1. The number of ether oxygens (including phenoxy) is 1. The summed E-state index contributed by atoms with van der Waals surface area (Å²) < 4.78 is 10.8. The van der Waals surface area contributed by atoms with Crippen molar-refractivity contribution in [1.82, 2.24) is 10.3 Å². The molecule has 1 atom stereocenters. The molecule has 2 aromatic heterocycles. The number of amides is 1. The zero-order valence-corrected chi connectivity index (χ0v) is 15.0. The van der Waals surface area contributed by atoms with Crippen LogP contribution in [0.25, 0.3) is 11.0 Å². The number of nitrogens with zero attached hydrogens (tertiary/aromatic N) is 1. The molecule has 1 amide bonds. The SMILES string of the molecule is Cc1cc(=O)oc2cc(OC(C)C(=O)NCc3ccccn3)c(Cl)cc12. The third kappa shape index (κ3) is 4.03. The second-order valence-electron chi connectivity index (χ2n) is 5.83. The highest BCUT2D eigenvalue weighted by Crippen LogP contribution is 2.31. The first-order valence-electron chi connectivity index (χ1n) is 8.02. The topological polar surface area (TPSA) is 81.4 Å². The van der Waals surface area contributed by atoms with Crippen molar-refractivity contribution in [3.8, 4) is 5.75 Å². The highest BCUT2D eigenvalue weighted by Gasteiger charge is 2.17. The van der Waals surface area contributed by atoms with Crippen molar-refractivity contribution >= 4 is 28.5 Å². The number of nitrogens with one attached hydrogen (secondary N) is 1. The lowest BCUT2D eigenvalue weighted by molar-refractivity contribution is -0.127. The fourth-order valence-electron chi connectivity index (χ4n) is 2.48. The summed E-state index contributed by atoms with van der Waals surface area (Å²) in [5.41, 5.74) is 1.40. The van der Waals surface area contributed by atoms with Gasteiger partial charge in [0.05, 0.1) is 17.3 Å². The molecule has 0 aliphatic carbocycles. The Morgan fingerprint density at radius 1 is 1.35 bits per heavy atom. The van der Waals surface area contributed by atoms with E-state index in [9.17, 15) is 9.59 Å². The molecule has 1 aromatic carbocycles. The Labute approximate surface area is 154 Å². The van der Waals surface area contributed by atoms with E-state index < -0.39 is 11.7 Å². The minimum Gasteiger partial charge on any atom is -0.479 e. The summed E-state index contributed by atoms with van der Waals surface area (Å²) >= 11 is 6.25. The maximum Gasteiger partial charge on any atom is 0.336 e. The number of fused-ring (bicyclic) bond motifs is 1. The Bertz CT molecular complexity index is 1000. The van der Waals surface area contributed by atoms with Crippen molar-refractivity contribution in [3.05, 3.63) is 69.3 Å². The van der Waals surface area contributed by atoms with Crippen LogP contribution in [-0.4, -0.2) is 17.0 Å². The summed E-state index contributed by atoms with van der Waals surface area (Å²) in [4.78, 5) is 27.9. The predicted octanol–water partition coefficient (Wildman–Crippen LogP) is 3.23. The maximum absolute atomic E-state index is 12.2. The maximum atomic E-state index is 12.2. The van der Waals surface area contributed by atoms with Crippen LogP contribution in [0.3, 0.4) is 0 Å². The number of rotatable bonds is 5. The van der Waals surface area contributed by atoms with Crippen molar-refractivity contribution in [2.75, 3.05) is 0 Å². The molecule has 0 radical (unpaired) electrons. The molecule has 3 aromatic rings. The Morgan fingerprint density at radius 3 is 2.88 bits per heavy atom.